The average molecular weight is 153 g/mol. The zero-order valence-corrected chi connectivity index (χ0v) is 7.13. The molecular weight excluding hydrogens is 138 g/mol. The standard InChI is InChI=1S/C9H15NO/c1-6(2)3-9(11)8-4-7(8)5-10/h3,7-8H,4-5,10H2,1-2H3/t7-,8-/m0/s1. The Morgan fingerprint density at radius 1 is 1.64 bits per heavy atom. The van der Waals surface area contributed by atoms with Crippen molar-refractivity contribution in [3.05, 3.63) is 11.6 Å². The second kappa shape index (κ2) is 3.18. The minimum atomic E-state index is 0.245. The molecule has 1 aliphatic carbocycles. The first-order valence-electron chi connectivity index (χ1n) is 4.04. The maximum absolute atomic E-state index is 11.3. The summed E-state index contributed by atoms with van der Waals surface area (Å²) in [5.41, 5.74) is 6.50. The highest BCUT2D eigenvalue weighted by Gasteiger charge is 2.40. The van der Waals surface area contributed by atoms with Crippen molar-refractivity contribution in [2.45, 2.75) is 20.3 Å². The number of ketones is 1. The van der Waals surface area contributed by atoms with E-state index in [1.54, 1.807) is 6.08 Å². The largest absolute Gasteiger partial charge is 0.330 e. The number of carbonyl (C=O) groups is 1. The van der Waals surface area contributed by atoms with E-state index in [0.29, 0.717) is 12.5 Å². The SMILES string of the molecule is CC(C)=CC(=O)[C@H]1C[C@H]1CN. The first-order valence-corrected chi connectivity index (χ1v) is 4.04. The molecule has 0 unspecified atom stereocenters. The lowest BCUT2D eigenvalue weighted by atomic mass is 10.1. The third-order valence-corrected chi connectivity index (χ3v) is 2.02. The highest BCUT2D eigenvalue weighted by Crippen LogP contribution is 2.38. The number of carbonyl (C=O) groups excluding carboxylic acids is 1. The van der Waals surface area contributed by atoms with Gasteiger partial charge in [0.05, 0.1) is 0 Å². The molecule has 0 aliphatic heterocycles. The van der Waals surface area contributed by atoms with Crippen molar-refractivity contribution < 1.29 is 4.79 Å². The molecule has 0 bridgehead atoms. The molecule has 11 heavy (non-hydrogen) atoms. The number of rotatable bonds is 3. The van der Waals surface area contributed by atoms with Crippen LogP contribution in [0.2, 0.25) is 0 Å². The van der Waals surface area contributed by atoms with Crippen molar-refractivity contribution in [2.75, 3.05) is 6.54 Å². The van der Waals surface area contributed by atoms with Crippen LogP contribution in [0.3, 0.4) is 0 Å². The molecule has 1 saturated carbocycles. The summed E-state index contributed by atoms with van der Waals surface area (Å²) >= 11 is 0. The Labute approximate surface area is 67.5 Å². The van der Waals surface area contributed by atoms with Crippen LogP contribution in [0.1, 0.15) is 20.3 Å². The minimum Gasteiger partial charge on any atom is -0.330 e. The summed E-state index contributed by atoms with van der Waals surface area (Å²) in [7, 11) is 0. The Morgan fingerprint density at radius 2 is 2.27 bits per heavy atom. The zero-order chi connectivity index (χ0) is 8.43. The van der Waals surface area contributed by atoms with Gasteiger partial charge in [0.15, 0.2) is 5.78 Å². The molecule has 0 saturated heterocycles. The van der Waals surface area contributed by atoms with Crippen LogP contribution in [0.25, 0.3) is 0 Å². The molecule has 0 aromatic carbocycles. The topological polar surface area (TPSA) is 43.1 Å². The molecule has 2 nitrogen and oxygen atoms in total. The fourth-order valence-electron chi connectivity index (χ4n) is 1.25. The van der Waals surface area contributed by atoms with Gasteiger partial charge in [-0.2, -0.15) is 0 Å². The number of hydrogen-bond donors (Lipinski definition) is 1. The van der Waals surface area contributed by atoms with Crippen LogP contribution in [0.15, 0.2) is 11.6 Å². The van der Waals surface area contributed by atoms with Gasteiger partial charge in [-0.1, -0.05) is 5.57 Å². The fourth-order valence-corrected chi connectivity index (χ4v) is 1.25. The van der Waals surface area contributed by atoms with Gasteiger partial charge in [-0.25, -0.2) is 0 Å². The molecule has 1 rings (SSSR count). The number of nitrogens with two attached hydrogens (primary N) is 1. The van der Waals surface area contributed by atoms with Gasteiger partial charge in [-0.3, -0.25) is 4.79 Å². The predicted molar refractivity (Wildman–Crippen MR) is 45.1 cm³/mol. The Bertz CT molecular complexity index is 192. The van der Waals surface area contributed by atoms with E-state index in [0.717, 1.165) is 12.0 Å². The van der Waals surface area contributed by atoms with Crippen molar-refractivity contribution in [1.29, 1.82) is 0 Å². The average Bonchev–Trinajstić information content (AvgIpc) is 2.63. The van der Waals surface area contributed by atoms with Crippen LogP contribution < -0.4 is 5.73 Å². The summed E-state index contributed by atoms with van der Waals surface area (Å²) in [4.78, 5) is 11.3. The van der Waals surface area contributed by atoms with Crippen LogP contribution in [0.5, 0.6) is 0 Å². The molecule has 0 aromatic rings. The van der Waals surface area contributed by atoms with Crippen LogP contribution in [-0.2, 0) is 4.79 Å². The van der Waals surface area contributed by atoms with E-state index < -0.39 is 0 Å². The van der Waals surface area contributed by atoms with Crippen LogP contribution in [0.4, 0.5) is 0 Å². The first-order chi connectivity index (χ1) is 5.15. The Balaban J connectivity index is 2.40. The summed E-state index contributed by atoms with van der Waals surface area (Å²) in [6.07, 6.45) is 2.72. The summed E-state index contributed by atoms with van der Waals surface area (Å²) in [6, 6.07) is 0. The maximum atomic E-state index is 11.3. The summed E-state index contributed by atoms with van der Waals surface area (Å²) in [5.74, 6) is 0.980. The van der Waals surface area contributed by atoms with Gasteiger partial charge >= 0.3 is 0 Å². The summed E-state index contributed by atoms with van der Waals surface area (Å²) in [5, 5.41) is 0. The summed E-state index contributed by atoms with van der Waals surface area (Å²) in [6.45, 7) is 4.54. The second-order valence-electron chi connectivity index (χ2n) is 3.46. The quantitative estimate of drug-likeness (QED) is 0.617. The molecule has 0 heterocycles. The summed E-state index contributed by atoms with van der Waals surface area (Å²) < 4.78 is 0. The number of hydrogen-bond acceptors (Lipinski definition) is 2. The Morgan fingerprint density at radius 3 is 2.64 bits per heavy atom. The van der Waals surface area contributed by atoms with Crippen LogP contribution in [0, 0.1) is 11.8 Å². The molecule has 0 amide bonds. The Hall–Kier alpha value is -0.630. The van der Waals surface area contributed by atoms with E-state index in [1.807, 2.05) is 13.8 Å². The van der Waals surface area contributed by atoms with Gasteiger partial charge in [0, 0.05) is 5.92 Å². The van der Waals surface area contributed by atoms with Gasteiger partial charge < -0.3 is 5.73 Å². The van der Waals surface area contributed by atoms with E-state index >= 15 is 0 Å². The maximum Gasteiger partial charge on any atom is 0.159 e. The van der Waals surface area contributed by atoms with E-state index in [9.17, 15) is 4.79 Å². The highest BCUT2D eigenvalue weighted by molar-refractivity contribution is 5.94. The molecule has 2 atom stereocenters. The molecule has 0 radical (unpaired) electrons. The zero-order valence-electron chi connectivity index (χ0n) is 7.13. The third kappa shape index (κ3) is 2.15. The highest BCUT2D eigenvalue weighted by atomic mass is 16.1. The van der Waals surface area contributed by atoms with Crippen LogP contribution >= 0.6 is 0 Å². The molecule has 2 N–H and O–H groups in total. The fraction of sp³-hybridized carbons (Fsp3) is 0.667. The lowest BCUT2D eigenvalue weighted by molar-refractivity contribution is -0.116. The molecule has 1 aliphatic rings. The van der Waals surface area contributed by atoms with Crippen molar-refractivity contribution in [3.8, 4) is 0 Å². The monoisotopic (exact) mass is 153 g/mol. The normalized spacial score (nSPS) is 27.9. The van der Waals surface area contributed by atoms with Gasteiger partial charge in [0.25, 0.3) is 0 Å². The van der Waals surface area contributed by atoms with E-state index in [4.69, 9.17) is 5.73 Å². The van der Waals surface area contributed by atoms with Crippen molar-refractivity contribution in [2.24, 2.45) is 17.6 Å². The molecule has 2 heteroatoms. The molecule has 1 fully saturated rings. The first kappa shape index (κ1) is 8.47. The van der Waals surface area contributed by atoms with Gasteiger partial charge in [0.2, 0.25) is 0 Å². The van der Waals surface area contributed by atoms with Crippen molar-refractivity contribution in [3.63, 3.8) is 0 Å². The molecule has 0 spiro atoms. The minimum absolute atomic E-state index is 0.245. The van der Waals surface area contributed by atoms with E-state index in [2.05, 4.69) is 0 Å². The van der Waals surface area contributed by atoms with Gasteiger partial charge in [-0.05, 0) is 38.8 Å². The van der Waals surface area contributed by atoms with Gasteiger partial charge in [-0.15, -0.1) is 0 Å². The van der Waals surface area contributed by atoms with Crippen molar-refractivity contribution in [1.82, 2.24) is 0 Å². The molecule has 62 valence electrons. The lowest BCUT2D eigenvalue weighted by Crippen LogP contribution is -2.06. The smallest absolute Gasteiger partial charge is 0.159 e. The van der Waals surface area contributed by atoms with Gasteiger partial charge in [0.1, 0.15) is 0 Å². The molecule has 0 aromatic heterocycles. The van der Waals surface area contributed by atoms with E-state index in [1.165, 1.54) is 0 Å². The lowest BCUT2D eigenvalue weighted by Gasteiger charge is -1.91. The molecular formula is C9H15NO. The number of allylic oxidation sites excluding steroid dienone is 2. The third-order valence-electron chi connectivity index (χ3n) is 2.02. The second-order valence-corrected chi connectivity index (χ2v) is 3.46. The predicted octanol–water partition coefficient (Wildman–Crippen LogP) is 1.12. The van der Waals surface area contributed by atoms with Crippen LogP contribution in [-0.4, -0.2) is 12.3 Å². The van der Waals surface area contributed by atoms with E-state index in [-0.39, 0.29) is 11.7 Å². The van der Waals surface area contributed by atoms with Crippen molar-refractivity contribution >= 4 is 5.78 Å². The Kier molecular flexibility index (Phi) is 2.45.